The number of amides is 1. The van der Waals surface area contributed by atoms with Gasteiger partial charge in [-0.3, -0.25) is 4.79 Å². The predicted molar refractivity (Wildman–Crippen MR) is 47.7 cm³/mol. The molecule has 4 nitrogen and oxygen atoms in total. The summed E-state index contributed by atoms with van der Waals surface area (Å²) < 4.78 is 4.98. The second kappa shape index (κ2) is 5.97. The van der Waals surface area contributed by atoms with Gasteiger partial charge in [0, 0.05) is 13.2 Å². The average molecular weight is 174 g/mol. The van der Waals surface area contributed by atoms with Gasteiger partial charge >= 0.3 is 0 Å². The SMILES string of the molecule is COCC(NCC(N)=O)C(C)C. The Morgan fingerprint density at radius 2 is 2.17 bits per heavy atom. The lowest BCUT2D eigenvalue weighted by Crippen LogP contribution is -2.42. The van der Waals surface area contributed by atoms with Crippen LogP contribution in [0.15, 0.2) is 0 Å². The van der Waals surface area contributed by atoms with Crippen molar-refractivity contribution in [3.05, 3.63) is 0 Å². The summed E-state index contributed by atoms with van der Waals surface area (Å²) in [4.78, 5) is 10.4. The number of ether oxygens (including phenoxy) is 1. The monoisotopic (exact) mass is 174 g/mol. The van der Waals surface area contributed by atoms with E-state index in [4.69, 9.17) is 10.5 Å². The lowest BCUT2D eigenvalue weighted by molar-refractivity contribution is -0.117. The molecule has 1 amide bonds. The first-order valence-corrected chi connectivity index (χ1v) is 4.08. The molecule has 0 aromatic rings. The van der Waals surface area contributed by atoms with E-state index in [1.165, 1.54) is 0 Å². The normalized spacial score (nSPS) is 13.3. The summed E-state index contributed by atoms with van der Waals surface area (Å²) in [6, 6.07) is 0.197. The van der Waals surface area contributed by atoms with Crippen LogP contribution in [0.2, 0.25) is 0 Å². The van der Waals surface area contributed by atoms with Gasteiger partial charge in [-0.15, -0.1) is 0 Å². The smallest absolute Gasteiger partial charge is 0.231 e. The molecule has 0 spiro atoms. The van der Waals surface area contributed by atoms with Gasteiger partial charge < -0.3 is 15.8 Å². The highest BCUT2D eigenvalue weighted by atomic mass is 16.5. The van der Waals surface area contributed by atoms with Crippen molar-refractivity contribution in [1.82, 2.24) is 5.32 Å². The molecule has 4 heteroatoms. The van der Waals surface area contributed by atoms with Crippen LogP contribution in [0.3, 0.4) is 0 Å². The number of primary amides is 1. The van der Waals surface area contributed by atoms with Crippen molar-refractivity contribution in [3.8, 4) is 0 Å². The molecule has 0 aliphatic carbocycles. The van der Waals surface area contributed by atoms with Crippen molar-refractivity contribution < 1.29 is 9.53 Å². The van der Waals surface area contributed by atoms with Crippen LogP contribution < -0.4 is 11.1 Å². The zero-order valence-electron chi connectivity index (χ0n) is 7.96. The Kier molecular flexibility index (Phi) is 5.66. The maximum Gasteiger partial charge on any atom is 0.231 e. The Balaban J connectivity index is 3.70. The van der Waals surface area contributed by atoms with Crippen LogP contribution in [0.25, 0.3) is 0 Å². The third-order valence-corrected chi connectivity index (χ3v) is 1.69. The molecule has 72 valence electrons. The van der Waals surface area contributed by atoms with Gasteiger partial charge in [-0.1, -0.05) is 13.8 Å². The molecule has 0 aliphatic rings. The largest absolute Gasteiger partial charge is 0.383 e. The van der Waals surface area contributed by atoms with Crippen LogP contribution >= 0.6 is 0 Å². The van der Waals surface area contributed by atoms with E-state index in [1.54, 1.807) is 7.11 Å². The van der Waals surface area contributed by atoms with Crippen LogP contribution in [-0.2, 0) is 9.53 Å². The van der Waals surface area contributed by atoms with Gasteiger partial charge in [0.2, 0.25) is 5.91 Å². The van der Waals surface area contributed by atoms with Crippen molar-refractivity contribution in [2.45, 2.75) is 19.9 Å². The number of hydrogen-bond donors (Lipinski definition) is 2. The molecule has 0 rings (SSSR count). The quantitative estimate of drug-likeness (QED) is 0.582. The molecular formula is C8H18N2O2. The number of nitrogens with two attached hydrogens (primary N) is 1. The summed E-state index contributed by atoms with van der Waals surface area (Å²) in [6.07, 6.45) is 0. The Morgan fingerprint density at radius 1 is 1.58 bits per heavy atom. The summed E-state index contributed by atoms with van der Waals surface area (Å²) in [5, 5.41) is 3.02. The summed E-state index contributed by atoms with van der Waals surface area (Å²) in [6.45, 7) is 4.95. The van der Waals surface area contributed by atoms with Crippen LogP contribution in [0.4, 0.5) is 0 Å². The van der Waals surface area contributed by atoms with Gasteiger partial charge in [-0.2, -0.15) is 0 Å². The predicted octanol–water partition coefficient (Wildman–Crippen LogP) is -0.268. The summed E-state index contributed by atoms with van der Waals surface area (Å²) in [7, 11) is 1.64. The first-order chi connectivity index (χ1) is 5.57. The number of carbonyl (C=O) groups is 1. The minimum Gasteiger partial charge on any atom is -0.383 e. The summed E-state index contributed by atoms with van der Waals surface area (Å²) >= 11 is 0. The molecule has 0 aromatic carbocycles. The van der Waals surface area contributed by atoms with E-state index in [9.17, 15) is 4.79 Å². The molecule has 0 bridgehead atoms. The minimum atomic E-state index is -0.336. The fourth-order valence-corrected chi connectivity index (χ4v) is 0.898. The van der Waals surface area contributed by atoms with Crippen LogP contribution in [0, 0.1) is 5.92 Å². The molecule has 0 fully saturated rings. The number of hydrogen-bond acceptors (Lipinski definition) is 3. The van der Waals surface area contributed by atoms with Gasteiger partial charge in [-0.05, 0) is 5.92 Å². The van der Waals surface area contributed by atoms with E-state index < -0.39 is 0 Å². The fourth-order valence-electron chi connectivity index (χ4n) is 0.898. The Labute approximate surface area is 73.5 Å². The van der Waals surface area contributed by atoms with Gasteiger partial charge in [0.15, 0.2) is 0 Å². The molecule has 0 heterocycles. The molecule has 3 N–H and O–H groups in total. The van der Waals surface area contributed by atoms with Crippen molar-refractivity contribution in [2.24, 2.45) is 11.7 Å². The zero-order chi connectivity index (χ0) is 9.56. The highest BCUT2D eigenvalue weighted by Crippen LogP contribution is 2.00. The molecule has 1 atom stereocenters. The van der Waals surface area contributed by atoms with Crippen LogP contribution in [0.5, 0.6) is 0 Å². The van der Waals surface area contributed by atoms with E-state index in [1.807, 2.05) is 0 Å². The van der Waals surface area contributed by atoms with E-state index >= 15 is 0 Å². The maximum absolute atomic E-state index is 10.4. The van der Waals surface area contributed by atoms with Crippen molar-refractivity contribution in [3.63, 3.8) is 0 Å². The van der Waals surface area contributed by atoms with Crippen LogP contribution in [0.1, 0.15) is 13.8 Å². The molecule has 12 heavy (non-hydrogen) atoms. The standard InChI is InChI=1S/C8H18N2O2/c1-6(2)7(5-12-3)10-4-8(9)11/h6-7,10H,4-5H2,1-3H3,(H2,9,11). The van der Waals surface area contributed by atoms with E-state index in [-0.39, 0.29) is 18.5 Å². The van der Waals surface area contributed by atoms with E-state index in [0.29, 0.717) is 12.5 Å². The third-order valence-electron chi connectivity index (χ3n) is 1.69. The van der Waals surface area contributed by atoms with Crippen LogP contribution in [-0.4, -0.2) is 32.2 Å². The summed E-state index contributed by atoms with van der Waals surface area (Å²) in [5.41, 5.74) is 4.99. The summed E-state index contributed by atoms with van der Waals surface area (Å²) in [5.74, 6) is 0.0982. The lowest BCUT2D eigenvalue weighted by atomic mass is 10.1. The molecular weight excluding hydrogens is 156 g/mol. The van der Waals surface area contributed by atoms with E-state index in [2.05, 4.69) is 19.2 Å². The molecule has 0 saturated carbocycles. The van der Waals surface area contributed by atoms with Gasteiger partial charge in [0.25, 0.3) is 0 Å². The number of carbonyl (C=O) groups excluding carboxylic acids is 1. The van der Waals surface area contributed by atoms with Crippen molar-refractivity contribution in [1.29, 1.82) is 0 Å². The third kappa shape index (κ3) is 5.09. The average Bonchev–Trinajstić information content (AvgIpc) is 1.96. The number of nitrogens with one attached hydrogen (secondary N) is 1. The highest BCUT2D eigenvalue weighted by Gasteiger charge is 2.12. The van der Waals surface area contributed by atoms with Gasteiger partial charge in [0.05, 0.1) is 13.2 Å². The van der Waals surface area contributed by atoms with Crippen molar-refractivity contribution >= 4 is 5.91 Å². The fraction of sp³-hybridized carbons (Fsp3) is 0.875. The van der Waals surface area contributed by atoms with E-state index in [0.717, 1.165) is 0 Å². The van der Waals surface area contributed by atoms with Crippen molar-refractivity contribution in [2.75, 3.05) is 20.3 Å². The highest BCUT2D eigenvalue weighted by molar-refractivity contribution is 5.75. The first-order valence-electron chi connectivity index (χ1n) is 4.08. The molecule has 0 radical (unpaired) electrons. The first kappa shape index (κ1) is 11.4. The molecule has 0 saturated heterocycles. The second-order valence-electron chi connectivity index (χ2n) is 3.15. The lowest BCUT2D eigenvalue weighted by Gasteiger charge is -2.20. The Hall–Kier alpha value is -0.610. The van der Waals surface area contributed by atoms with Gasteiger partial charge in [-0.25, -0.2) is 0 Å². The molecule has 0 aliphatic heterocycles. The maximum atomic E-state index is 10.4. The molecule has 1 unspecified atom stereocenters. The molecule has 0 aromatic heterocycles. The topological polar surface area (TPSA) is 64.3 Å². The van der Waals surface area contributed by atoms with Gasteiger partial charge in [0.1, 0.15) is 0 Å². The number of methoxy groups -OCH3 is 1. The number of rotatable bonds is 6. The second-order valence-corrected chi connectivity index (χ2v) is 3.15. The Bertz CT molecular complexity index is 137. The zero-order valence-corrected chi connectivity index (χ0v) is 7.96. The minimum absolute atomic E-state index is 0.197. The Morgan fingerprint density at radius 3 is 2.50 bits per heavy atom.